The summed E-state index contributed by atoms with van der Waals surface area (Å²) < 4.78 is 6.87. The highest BCUT2D eigenvalue weighted by molar-refractivity contribution is 8.01. The average Bonchev–Trinajstić information content (AvgIpc) is 2.81. The molecule has 2 heteroatoms. The predicted molar refractivity (Wildman–Crippen MR) is 92.9 cm³/mol. The first-order valence-corrected chi connectivity index (χ1v) is 8.73. The van der Waals surface area contributed by atoms with Crippen LogP contribution in [0.2, 0.25) is 0 Å². The van der Waals surface area contributed by atoms with E-state index in [1.807, 2.05) is 11.8 Å². The number of rotatable bonds is 1. The number of thioether (sulfide) groups is 1. The first-order valence-electron chi connectivity index (χ1n) is 7.91. The quantitative estimate of drug-likeness (QED) is 0.687. The van der Waals surface area contributed by atoms with E-state index in [4.69, 9.17) is 4.74 Å². The Morgan fingerprint density at radius 2 is 1.50 bits per heavy atom. The van der Waals surface area contributed by atoms with Crippen molar-refractivity contribution < 1.29 is 4.74 Å². The summed E-state index contributed by atoms with van der Waals surface area (Å²) in [5.74, 6) is 0. The molecule has 2 atom stereocenters. The van der Waals surface area contributed by atoms with Crippen LogP contribution >= 0.6 is 11.8 Å². The summed E-state index contributed by atoms with van der Waals surface area (Å²) in [6.45, 7) is 9.39. The van der Waals surface area contributed by atoms with E-state index in [1.165, 1.54) is 16.7 Å². The van der Waals surface area contributed by atoms with Crippen LogP contribution in [0.15, 0.2) is 54.6 Å². The van der Waals surface area contributed by atoms with Crippen molar-refractivity contribution in [1.82, 2.24) is 0 Å². The maximum absolute atomic E-state index is 6.76. The lowest BCUT2D eigenvalue weighted by Crippen LogP contribution is -2.48. The Balaban J connectivity index is 2.00. The monoisotopic (exact) mass is 310 g/mol. The minimum absolute atomic E-state index is 0.0720. The van der Waals surface area contributed by atoms with E-state index in [0.29, 0.717) is 0 Å². The molecule has 0 amide bonds. The van der Waals surface area contributed by atoms with Gasteiger partial charge in [-0.2, -0.15) is 0 Å². The van der Waals surface area contributed by atoms with Crippen LogP contribution in [0.3, 0.4) is 0 Å². The molecule has 1 saturated heterocycles. The van der Waals surface area contributed by atoms with Crippen LogP contribution in [0.25, 0.3) is 0 Å². The number of fused-ring (bicyclic) bond motifs is 5. The molecule has 114 valence electrons. The minimum atomic E-state index is -0.373. The molecule has 1 nitrogen and oxygen atoms in total. The Morgan fingerprint density at radius 1 is 0.864 bits per heavy atom. The third kappa shape index (κ3) is 1.65. The Labute approximate surface area is 137 Å². The van der Waals surface area contributed by atoms with Crippen LogP contribution in [-0.4, -0.2) is 4.75 Å². The van der Waals surface area contributed by atoms with E-state index in [1.54, 1.807) is 0 Å². The van der Waals surface area contributed by atoms with E-state index in [9.17, 15) is 0 Å². The summed E-state index contributed by atoms with van der Waals surface area (Å²) in [7, 11) is 0. The van der Waals surface area contributed by atoms with Gasteiger partial charge in [0, 0.05) is 15.7 Å². The van der Waals surface area contributed by atoms with E-state index in [0.717, 1.165) is 0 Å². The summed E-state index contributed by atoms with van der Waals surface area (Å²) >= 11 is 1.96. The lowest BCUT2D eigenvalue weighted by molar-refractivity contribution is -0.0825. The molecule has 0 unspecified atom stereocenters. The maximum Gasteiger partial charge on any atom is 0.166 e. The molecule has 1 fully saturated rings. The molecule has 0 radical (unpaired) electrons. The number of hydrogen-bond acceptors (Lipinski definition) is 2. The van der Waals surface area contributed by atoms with E-state index < -0.39 is 0 Å². The van der Waals surface area contributed by atoms with Crippen molar-refractivity contribution in [3.63, 3.8) is 0 Å². The number of hydrogen-bond donors (Lipinski definition) is 0. The first kappa shape index (κ1) is 14.3. The smallest absolute Gasteiger partial charge is 0.166 e. The molecule has 2 aromatic rings. The Kier molecular flexibility index (Phi) is 2.87. The van der Waals surface area contributed by atoms with Gasteiger partial charge < -0.3 is 4.74 Å². The van der Waals surface area contributed by atoms with Crippen LogP contribution < -0.4 is 0 Å². The molecule has 4 rings (SSSR count). The van der Waals surface area contributed by atoms with Crippen LogP contribution in [0.4, 0.5) is 0 Å². The highest BCUT2D eigenvalue weighted by Gasteiger charge is 2.62. The Hall–Kier alpha value is -1.25. The summed E-state index contributed by atoms with van der Waals surface area (Å²) in [5.41, 5.74) is 4.01. The molecule has 0 saturated carbocycles. The van der Waals surface area contributed by atoms with E-state index >= 15 is 0 Å². The molecule has 2 aliphatic rings. The molecule has 2 bridgehead atoms. The zero-order valence-electron chi connectivity index (χ0n) is 13.6. The van der Waals surface area contributed by atoms with Gasteiger partial charge in [0.15, 0.2) is 4.93 Å². The summed E-state index contributed by atoms with van der Waals surface area (Å²) in [5, 5.41) is 0. The van der Waals surface area contributed by atoms with Gasteiger partial charge in [-0.25, -0.2) is 0 Å². The van der Waals surface area contributed by atoms with Crippen molar-refractivity contribution in [1.29, 1.82) is 0 Å². The van der Waals surface area contributed by atoms with Gasteiger partial charge in [-0.15, -0.1) is 11.8 Å². The van der Waals surface area contributed by atoms with Gasteiger partial charge in [0.05, 0.1) is 6.10 Å². The normalized spacial score (nSPS) is 30.8. The largest absolute Gasteiger partial charge is 0.347 e. The fourth-order valence-corrected chi connectivity index (χ4v) is 5.46. The van der Waals surface area contributed by atoms with Gasteiger partial charge in [0.1, 0.15) is 0 Å². The van der Waals surface area contributed by atoms with Gasteiger partial charge in [-0.1, -0.05) is 68.4 Å². The van der Waals surface area contributed by atoms with Gasteiger partial charge >= 0.3 is 0 Å². The van der Waals surface area contributed by atoms with E-state index in [2.05, 4.69) is 82.3 Å². The number of ether oxygens (including phenoxy) is 1. The molecule has 22 heavy (non-hydrogen) atoms. The van der Waals surface area contributed by atoms with E-state index in [-0.39, 0.29) is 21.2 Å². The second kappa shape index (κ2) is 4.39. The molecule has 2 aromatic carbocycles. The molecule has 2 aliphatic heterocycles. The molecule has 2 heterocycles. The third-order valence-corrected chi connectivity index (χ3v) is 7.52. The average molecular weight is 310 g/mol. The minimum Gasteiger partial charge on any atom is -0.347 e. The van der Waals surface area contributed by atoms with Crippen molar-refractivity contribution in [2.45, 2.75) is 43.5 Å². The lowest BCUT2D eigenvalue weighted by Gasteiger charge is -2.53. The fourth-order valence-electron chi connectivity index (χ4n) is 3.68. The molecular weight excluding hydrogens is 288 g/mol. The molecule has 0 aliphatic carbocycles. The Morgan fingerprint density at radius 3 is 2.23 bits per heavy atom. The maximum atomic E-state index is 6.76. The fraction of sp³-hybridized carbons (Fsp3) is 0.400. The molecule has 0 spiro atoms. The highest BCUT2D eigenvalue weighted by Crippen LogP contribution is 2.70. The van der Waals surface area contributed by atoms with Gasteiger partial charge in [0.2, 0.25) is 0 Å². The molecule has 0 aromatic heterocycles. The highest BCUT2D eigenvalue weighted by atomic mass is 32.2. The molecular formula is C20H22OS. The Bertz CT molecular complexity index is 719. The number of benzene rings is 2. The van der Waals surface area contributed by atoms with Crippen LogP contribution in [0.5, 0.6) is 0 Å². The lowest BCUT2D eigenvalue weighted by atomic mass is 9.73. The SMILES string of the molecule is CC1(C)S[C@@]2(c3ccccc3)O[C@H](c3ccccc32)C1(C)C. The van der Waals surface area contributed by atoms with Gasteiger partial charge in [-0.05, 0) is 25.0 Å². The second-order valence-corrected chi connectivity index (χ2v) is 9.20. The van der Waals surface area contributed by atoms with Crippen molar-refractivity contribution in [3.05, 3.63) is 71.3 Å². The predicted octanol–water partition coefficient (Wildman–Crippen LogP) is 5.51. The third-order valence-electron chi connectivity index (χ3n) is 5.64. The summed E-state index contributed by atoms with van der Waals surface area (Å²) in [6, 6.07) is 19.4. The zero-order chi connectivity index (χ0) is 15.6. The summed E-state index contributed by atoms with van der Waals surface area (Å²) in [4.78, 5) is -0.373. The van der Waals surface area contributed by atoms with Gasteiger partial charge in [-0.3, -0.25) is 0 Å². The van der Waals surface area contributed by atoms with Crippen molar-refractivity contribution in [2.24, 2.45) is 5.41 Å². The first-order chi connectivity index (χ1) is 10.4. The van der Waals surface area contributed by atoms with Crippen LogP contribution in [0, 0.1) is 5.41 Å². The zero-order valence-corrected chi connectivity index (χ0v) is 14.4. The summed E-state index contributed by atoms with van der Waals surface area (Å²) in [6.07, 6.45) is 0.139. The topological polar surface area (TPSA) is 9.23 Å². The second-order valence-electron chi connectivity index (χ2n) is 7.40. The van der Waals surface area contributed by atoms with Crippen molar-refractivity contribution in [3.8, 4) is 0 Å². The van der Waals surface area contributed by atoms with Crippen molar-refractivity contribution >= 4 is 11.8 Å². The van der Waals surface area contributed by atoms with Gasteiger partial charge in [0.25, 0.3) is 0 Å². The van der Waals surface area contributed by atoms with Crippen LogP contribution in [-0.2, 0) is 9.67 Å². The van der Waals surface area contributed by atoms with Crippen LogP contribution in [0.1, 0.15) is 50.5 Å². The standard InChI is InChI=1S/C20H22OS/c1-18(2)17-15-12-8-9-13-16(15)20(21-17,22-19(18,3)4)14-10-6-5-7-11-14/h5-13,17H,1-4H3/t17-,20-/m1/s1. The molecule has 0 N–H and O–H groups in total. The van der Waals surface area contributed by atoms with Crippen molar-refractivity contribution in [2.75, 3.05) is 0 Å².